The molecule has 0 saturated carbocycles. The minimum atomic E-state index is -0.125. The molecule has 0 aromatic carbocycles. The Kier molecular flexibility index (Phi) is 7.13. The Bertz CT molecular complexity index is 320. The van der Waals surface area contributed by atoms with Gasteiger partial charge in [-0.15, -0.1) is 0 Å². The number of nitrogens with zero attached hydrogens (tertiary/aromatic N) is 2. The minimum Gasteiger partial charge on any atom is -0.383 e. The van der Waals surface area contributed by atoms with Crippen LogP contribution in [-0.2, 0) is 9.47 Å². The predicted molar refractivity (Wildman–Crippen MR) is 89.2 cm³/mol. The molecule has 2 amide bonds. The second kappa shape index (κ2) is 8.16. The van der Waals surface area contributed by atoms with Crippen molar-refractivity contribution in [2.24, 2.45) is 0 Å². The van der Waals surface area contributed by atoms with Gasteiger partial charge in [0.25, 0.3) is 0 Å². The van der Waals surface area contributed by atoms with E-state index in [9.17, 15) is 4.79 Å². The summed E-state index contributed by atoms with van der Waals surface area (Å²) in [6.45, 7) is 11.3. The van der Waals surface area contributed by atoms with E-state index >= 15 is 0 Å². The van der Waals surface area contributed by atoms with Gasteiger partial charge in [0.05, 0.1) is 24.3 Å². The fraction of sp³-hybridized carbons (Fsp3) is 0.941. The second-order valence-electron chi connectivity index (χ2n) is 6.05. The van der Waals surface area contributed by atoms with E-state index in [-0.39, 0.29) is 17.1 Å². The summed E-state index contributed by atoms with van der Waals surface area (Å²) >= 11 is 0. The van der Waals surface area contributed by atoms with Gasteiger partial charge in [0.2, 0.25) is 0 Å². The number of hydrogen-bond acceptors (Lipinski definition) is 3. The highest BCUT2D eigenvalue weighted by Gasteiger charge is 2.62. The third-order valence-electron chi connectivity index (χ3n) is 5.74. The summed E-state index contributed by atoms with van der Waals surface area (Å²) in [5.74, 6) is 0. The largest absolute Gasteiger partial charge is 0.383 e. The van der Waals surface area contributed by atoms with E-state index in [1.54, 1.807) is 14.2 Å². The molecule has 5 heteroatoms. The molecule has 1 aliphatic rings. The van der Waals surface area contributed by atoms with Crippen molar-refractivity contribution in [1.29, 1.82) is 0 Å². The van der Waals surface area contributed by atoms with Crippen LogP contribution < -0.4 is 0 Å². The lowest BCUT2D eigenvalue weighted by Gasteiger charge is -2.50. The summed E-state index contributed by atoms with van der Waals surface area (Å²) in [6, 6.07) is 0.140. The van der Waals surface area contributed by atoms with Crippen LogP contribution in [0.25, 0.3) is 0 Å². The normalized spacial score (nSPS) is 20.0. The van der Waals surface area contributed by atoms with Crippen LogP contribution in [0.15, 0.2) is 0 Å². The van der Waals surface area contributed by atoms with Crippen molar-refractivity contribution in [2.45, 2.75) is 64.5 Å². The van der Waals surface area contributed by atoms with E-state index in [1.807, 2.05) is 0 Å². The fourth-order valence-electron chi connectivity index (χ4n) is 4.58. The second-order valence-corrected chi connectivity index (χ2v) is 6.05. The van der Waals surface area contributed by atoms with Gasteiger partial charge in [0.15, 0.2) is 0 Å². The molecular weight excluding hydrogens is 280 g/mol. The number of methoxy groups -OCH3 is 2. The zero-order valence-electron chi connectivity index (χ0n) is 15.3. The molecular formula is C17H34N2O3. The number of carbonyl (C=O) groups is 1. The summed E-state index contributed by atoms with van der Waals surface area (Å²) in [6.07, 6.45) is 3.85. The van der Waals surface area contributed by atoms with Crippen molar-refractivity contribution in [2.75, 3.05) is 40.5 Å². The van der Waals surface area contributed by atoms with E-state index in [2.05, 4.69) is 37.5 Å². The smallest absolute Gasteiger partial charge is 0.321 e. The van der Waals surface area contributed by atoms with E-state index in [1.165, 1.54) is 0 Å². The first kappa shape index (κ1) is 19.2. The van der Waals surface area contributed by atoms with Gasteiger partial charge in [-0.1, -0.05) is 27.7 Å². The molecule has 0 aromatic heterocycles. The van der Waals surface area contributed by atoms with Gasteiger partial charge in [-0.2, -0.15) is 0 Å². The first-order valence-corrected chi connectivity index (χ1v) is 8.62. The Morgan fingerprint density at radius 1 is 0.773 bits per heavy atom. The molecule has 0 unspecified atom stereocenters. The first-order chi connectivity index (χ1) is 10.5. The van der Waals surface area contributed by atoms with Crippen molar-refractivity contribution < 1.29 is 14.3 Å². The van der Waals surface area contributed by atoms with Crippen LogP contribution in [0.2, 0.25) is 0 Å². The van der Waals surface area contributed by atoms with E-state index in [0.717, 1.165) is 25.7 Å². The molecule has 1 fully saturated rings. The third kappa shape index (κ3) is 2.73. The van der Waals surface area contributed by atoms with Gasteiger partial charge in [-0.25, -0.2) is 4.79 Å². The lowest BCUT2D eigenvalue weighted by Crippen LogP contribution is -2.61. The summed E-state index contributed by atoms with van der Waals surface area (Å²) in [7, 11) is 3.38. The lowest BCUT2D eigenvalue weighted by molar-refractivity contribution is 0.0160. The standard InChI is InChI=1S/C17H34N2O3/c1-7-16(8-2)17(9-3,10-4)19(12-14-22-6)15(20)18(16)11-13-21-5/h7-14H2,1-6H3. The number of carbonyl (C=O) groups excluding carboxylic acids is 1. The van der Waals surface area contributed by atoms with Crippen LogP contribution in [0.5, 0.6) is 0 Å². The molecule has 0 atom stereocenters. The average molecular weight is 314 g/mol. The minimum absolute atomic E-state index is 0.125. The quantitative estimate of drug-likeness (QED) is 0.622. The molecule has 0 radical (unpaired) electrons. The Morgan fingerprint density at radius 3 is 1.32 bits per heavy atom. The maximum atomic E-state index is 13.1. The van der Waals surface area contributed by atoms with Crippen molar-refractivity contribution in [1.82, 2.24) is 9.80 Å². The van der Waals surface area contributed by atoms with Crippen LogP contribution in [-0.4, -0.2) is 67.4 Å². The first-order valence-electron chi connectivity index (χ1n) is 8.62. The van der Waals surface area contributed by atoms with Crippen molar-refractivity contribution in [3.05, 3.63) is 0 Å². The highest BCUT2D eigenvalue weighted by atomic mass is 16.5. The Morgan fingerprint density at radius 2 is 1.09 bits per heavy atom. The molecule has 1 rings (SSSR count). The predicted octanol–water partition coefficient (Wildman–Crippen LogP) is 3.13. The van der Waals surface area contributed by atoms with E-state index < -0.39 is 0 Å². The molecule has 1 heterocycles. The molecule has 0 aliphatic carbocycles. The topological polar surface area (TPSA) is 42.0 Å². The molecule has 0 N–H and O–H groups in total. The zero-order valence-corrected chi connectivity index (χ0v) is 15.3. The Labute approximate surface area is 135 Å². The molecule has 0 aromatic rings. The Hall–Kier alpha value is -0.810. The molecule has 1 aliphatic heterocycles. The molecule has 130 valence electrons. The van der Waals surface area contributed by atoms with Crippen molar-refractivity contribution in [3.63, 3.8) is 0 Å². The molecule has 1 saturated heterocycles. The summed E-state index contributed by atoms with van der Waals surface area (Å²) in [5, 5.41) is 0. The molecule has 0 spiro atoms. The number of ether oxygens (including phenoxy) is 2. The summed E-state index contributed by atoms with van der Waals surface area (Å²) < 4.78 is 10.5. The van der Waals surface area contributed by atoms with Crippen molar-refractivity contribution in [3.8, 4) is 0 Å². The number of urea groups is 1. The number of rotatable bonds is 10. The molecule has 22 heavy (non-hydrogen) atoms. The lowest BCUT2D eigenvalue weighted by atomic mass is 9.69. The highest BCUT2D eigenvalue weighted by molar-refractivity contribution is 5.80. The summed E-state index contributed by atoms with van der Waals surface area (Å²) in [5.41, 5.74) is -0.250. The van der Waals surface area contributed by atoms with Crippen LogP contribution in [0, 0.1) is 0 Å². The highest BCUT2D eigenvalue weighted by Crippen LogP contribution is 2.49. The number of hydrogen-bond donors (Lipinski definition) is 0. The SMILES string of the molecule is CCC1(CC)N(CCOC)C(=O)N(CCOC)C1(CC)CC. The van der Waals surface area contributed by atoms with Gasteiger partial charge >= 0.3 is 6.03 Å². The van der Waals surface area contributed by atoms with E-state index in [0.29, 0.717) is 26.3 Å². The maximum absolute atomic E-state index is 13.1. The van der Waals surface area contributed by atoms with Crippen LogP contribution in [0.3, 0.4) is 0 Å². The van der Waals surface area contributed by atoms with Gasteiger partial charge in [0, 0.05) is 27.3 Å². The van der Waals surface area contributed by atoms with Gasteiger partial charge in [-0.3, -0.25) is 0 Å². The van der Waals surface area contributed by atoms with Gasteiger partial charge in [-0.05, 0) is 25.7 Å². The van der Waals surface area contributed by atoms with Crippen LogP contribution >= 0.6 is 0 Å². The maximum Gasteiger partial charge on any atom is 0.321 e. The monoisotopic (exact) mass is 314 g/mol. The van der Waals surface area contributed by atoms with E-state index in [4.69, 9.17) is 9.47 Å². The average Bonchev–Trinajstić information content (AvgIpc) is 2.75. The third-order valence-corrected chi connectivity index (χ3v) is 5.74. The molecule has 0 bridgehead atoms. The van der Waals surface area contributed by atoms with Crippen LogP contribution in [0.4, 0.5) is 4.79 Å². The fourth-order valence-corrected chi connectivity index (χ4v) is 4.58. The molecule has 5 nitrogen and oxygen atoms in total. The van der Waals surface area contributed by atoms with Gasteiger partial charge < -0.3 is 19.3 Å². The Balaban J connectivity index is 3.32. The number of amides is 2. The summed E-state index contributed by atoms with van der Waals surface area (Å²) in [4.78, 5) is 17.3. The van der Waals surface area contributed by atoms with Crippen LogP contribution in [0.1, 0.15) is 53.4 Å². The van der Waals surface area contributed by atoms with Gasteiger partial charge in [0.1, 0.15) is 0 Å². The zero-order chi connectivity index (χ0) is 16.8. The van der Waals surface area contributed by atoms with Crippen molar-refractivity contribution >= 4 is 6.03 Å².